The summed E-state index contributed by atoms with van der Waals surface area (Å²) in [6, 6.07) is 3.81. The molecule has 1 atom stereocenters. The third-order valence-corrected chi connectivity index (χ3v) is 3.21. The summed E-state index contributed by atoms with van der Waals surface area (Å²) in [4.78, 5) is 11.5. The maximum absolute atomic E-state index is 12.9. The van der Waals surface area contributed by atoms with Gasteiger partial charge in [0.05, 0.1) is 6.10 Å². The molecular weight excluding hydrogens is 286 g/mol. The van der Waals surface area contributed by atoms with Gasteiger partial charge in [-0.15, -0.1) is 0 Å². The van der Waals surface area contributed by atoms with Crippen LogP contribution in [0.2, 0.25) is 0 Å². The molecule has 0 saturated carbocycles. The Bertz CT molecular complexity index is 570. The summed E-state index contributed by atoms with van der Waals surface area (Å²) < 4.78 is 25.9. The van der Waals surface area contributed by atoms with Crippen LogP contribution in [-0.2, 0) is 0 Å². The van der Waals surface area contributed by atoms with Crippen LogP contribution in [0.4, 0.5) is 19.3 Å². The Hall–Kier alpha value is -1.99. The number of amides is 2. The predicted molar refractivity (Wildman–Crippen MR) is 72.7 cm³/mol. The molecule has 106 valence electrons. The molecule has 4 nitrogen and oxygen atoms in total. The SMILES string of the molecule is O=C(NCC(O)c1ccsc1)Nc1cc(F)cc(F)c1. The predicted octanol–water partition coefficient (Wildman–Crippen LogP) is 2.88. The van der Waals surface area contributed by atoms with Crippen molar-refractivity contribution in [1.29, 1.82) is 0 Å². The molecule has 7 heteroatoms. The topological polar surface area (TPSA) is 61.4 Å². The molecule has 0 fully saturated rings. The van der Waals surface area contributed by atoms with Crippen LogP contribution in [0.15, 0.2) is 35.0 Å². The van der Waals surface area contributed by atoms with Crippen molar-refractivity contribution in [2.75, 3.05) is 11.9 Å². The number of halogens is 2. The van der Waals surface area contributed by atoms with Gasteiger partial charge in [0, 0.05) is 18.3 Å². The van der Waals surface area contributed by atoms with E-state index in [2.05, 4.69) is 10.6 Å². The van der Waals surface area contributed by atoms with E-state index in [0.717, 1.165) is 12.1 Å². The van der Waals surface area contributed by atoms with E-state index in [1.165, 1.54) is 11.3 Å². The molecular formula is C13H12F2N2O2S. The van der Waals surface area contributed by atoms with Crippen LogP contribution < -0.4 is 10.6 Å². The highest BCUT2D eigenvalue weighted by Crippen LogP contribution is 2.15. The molecule has 3 N–H and O–H groups in total. The summed E-state index contributed by atoms with van der Waals surface area (Å²) in [7, 11) is 0. The van der Waals surface area contributed by atoms with E-state index in [0.29, 0.717) is 11.6 Å². The normalized spacial score (nSPS) is 11.9. The van der Waals surface area contributed by atoms with Crippen molar-refractivity contribution < 1.29 is 18.7 Å². The third-order valence-electron chi connectivity index (χ3n) is 2.50. The van der Waals surface area contributed by atoms with E-state index in [1.807, 2.05) is 5.38 Å². The van der Waals surface area contributed by atoms with Gasteiger partial charge in [-0.3, -0.25) is 0 Å². The fourth-order valence-corrected chi connectivity index (χ4v) is 2.28. The standard InChI is InChI=1S/C13H12F2N2O2S/c14-9-3-10(15)5-11(4-9)17-13(19)16-6-12(18)8-1-2-20-7-8/h1-5,7,12,18H,6H2,(H2,16,17,19). The van der Waals surface area contributed by atoms with Crippen LogP contribution >= 0.6 is 11.3 Å². The minimum absolute atomic E-state index is 0.000362. The Morgan fingerprint density at radius 2 is 2.00 bits per heavy atom. The molecule has 0 saturated heterocycles. The zero-order valence-electron chi connectivity index (χ0n) is 10.3. The number of rotatable bonds is 4. The average Bonchev–Trinajstić information content (AvgIpc) is 2.88. The van der Waals surface area contributed by atoms with Gasteiger partial charge in [-0.05, 0) is 34.5 Å². The number of nitrogens with one attached hydrogen (secondary N) is 2. The Morgan fingerprint density at radius 1 is 1.30 bits per heavy atom. The van der Waals surface area contributed by atoms with Crippen molar-refractivity contribution in [2.24, 2.45) is 0 Å². The Labute approximate surface area is 118 Å². The first-order chi connectivity index (χ1) is 9.54. The molecule has 1 heterocycles. The molecule has 2 aromatic rings. The maximum atomic E-state index is 12.9. The van der Waals surface area contributed by atoms with Crippen molar-refractivity contribution in [3.05, 3.63) is 52.2 Å². The lowest BCUT2D eigenvalue weighted by molar-refractivity contribution is 0.175. The monoisotopic (exact) mass is 298 g/mol. The van der Waals surface area contributed by atoms with E-state index in [1.54, 1.807) is 11.4 Å². The molecule has 0 aliphatic rings. The van der Waals surface area contributed by atoms with Crippen molar-refractivity contribution in [3.8, 4) is 0 Å². The number of carbonyl (C=O) groups excluding carboxylic acids is 1. The number of thiophene rings is 1. The number of benzene rings is 1. The summed E-state index contributed by atoms with van der Waals surface area (Å²) in [6.45, 7) is 0.000362. The van der Waals surface area contributed by atoms with Crippen molar-refractivity contribution in [3.63, 3.8) is 0 Å². The molecule has 2 rings (SSSR count). The van der Waals surface area contributed by atoms with Crippen LogP contribution in [-0.4, -0.2) is 17.7 Å². The Morgan fingerprint density at radius 3 is 2.60 bits per heavy atom. The largest absolute Gasteiger partial charge is 0.387 e. The second-order valence-corrected chi connectivity index (χ2v) is 4.85. The number of aliphatic hydroxyl groups excluding tert-OH is 1. The lowest BCUT2D eigenvalue weighted by atomic mass is 10.2. The van der Waals surface area contributed by atoms with Gasteiger partial charge in [-0.25, -0.2) is 13.6 Å². The first-order valence-electron chi connectivity index (χ1n) is 5.75. The van der Waals surface area contributed by atoms with Crippen LogP contribution in [0.25, 0.3) is 0 Å². The molecule has 1 aromatic heterocycles. The van der Waals surface area contributed by atoms with Crippen LogP contribution in [0.1, 0.15) is 11.7 Å². The first-order valence-corrected chi connectivity index (χ1v) is 6.70. The molecule has 0 aliphatic heterocycles. The van der Waals surface area contributed by atoms with Crippen LogP contribution in [0, 0.1) is 11.6 Å². The Balaban J connectivity index is 1.86. The van der Waals surface area contributed by atoms with Crippen molar-refractivity contribution in [1.82, 2.24) is 5.32 Å². The van der Waals surface area contributed by atoms with Gasteiger partial charge >= 0.3 is 6.03 Å². The molecule has 20 heavy (non-hydrogen) atoms. The second kappa shape index (κ2) is 6.44. The quantitative estimate of drug-likeness (QED) is 0.813. The van der Waals surface area contributed by atoms with E-state index < -0.39 is 23.8 Å². The zero-order chi connectivity index (χ0) is 14.5. The number of anilines is 1. The van der Waals surface area contributed by atoms with E-state index in [9.17, 15) is 18.7 Å². The number of aliphatic hydroxyl groups is 1. The van der Waals surface area contributed by atoms with Gasteiger partial charge < -0.3 is 15.7 Å². The summed E-state index contributed by atoms with van der Waals surface area (Å²) in [5.41, 5.74) is 0.706. The molecule has 0 spiro atoms. The maximum Gasteiger partial charge on any atom is 0.319 e. The van der Waals surface area contributed by atoms with Gasteiger partial charge in [-0.2, -0.15) is 11.3 Å². The van der Waals surface area contributed by atoms with Crippen molar-refractivity contribution in [2.45, 2.75) is 6.10 Å². The number of urea groups is 1. The first kappa shape index (κ1) is 14.4. The second-order valence-electron chi connectivity index (χ2n) is 4.07. The average molecular weight is 298 g/mol. The summed E-state index contributed by atoms with van der Waals surface area (Å²) >= 11 is 1.44. The van der Waals surface area contributed by atoms with Gasteiger partial charge in [0.25, 0.3) is 0 Å². The van der Waals surface area contributed by atoms with E-state index in [-0.39, 0.29) is 12.2 Å². The summed E-state index contributed by atoms with van der Waals surface area (Å²) in [6.07, 6.45) is -0.823. The highest BCUT2D eigenvalue weighted by molar-refractivity contribution is 7.07. The zero-order valence-corrected chi connectivity index (χ0v) is 11.1. The number of carbonyl (C=O) groups is 1. The number of hydrogen-bond acceptors (Lipinski definition) is 3. The molecule has 1 unspecified atom stereocenters. The van der Waals surface area contributed by atoms with Gasteiger partial charge in [-0.1, -0.05) is 0 Å². The lowest BCUT2D eigenvalue weighted by Crippen LogP contribution is -2.32. The fraction of sp³-hybridized carbons (Fsp3) is 0.154. The van der Waals surface area contributed by atoms with Crippen LogP contribution in [0.3, 0.4) is 0 Å². The fourth-order valence-electron chi connectivity index (χ4n) is 1.57. The summed E-state index contributed by atoms with van der Waals surface area (Å²) in [5.74, 6) is -1.56. The van der Waals surface area contributed by atoms with Crippen molar-refractivity contribution >= 4 is 23.1 Å². The molecule has 1 aromatic carbocycles. The van der Waals surface area contributed by atoms with Gasteiger partial charge in [0.2, 0.25) is 0 Å². The number of hydrogen-bond donors (Lipinski definition) is 3. The van der Waals surface area contributed by atoms with Gasteiger partial charge in [0.15, 0.2) is 0 Å². The minimum atomic E-state index is -0.823. The molecule has 0 bridgehead atoms. The smallest absolute Gasteiger partial charge is 0.319 e. The van der Waals surface area contributed by atoms with Gasteiger partial charge in [0.1, 0.15) is 11.6 Å². The third kappa shape index (κ3) is 4.01. The van der Waals surface area contributed by atoms with E-state index >= 15 is 0 Å². The lowest BCUT2D eigenvalue weighted by Gasteiger charge is -2.11. The Kier molecular flexibility index (Phi) is 4.65. The highest BCUT2D eigenvalue weighted by Gasteiger charge is 2.10. The minimum Gasteiger partial charge on any atom is -0.387 e. The molecule has 0 radical (unpaired) electrons. The van der Waals surface area contributed by atoms with Crippen LogP contribution in [0.5, 0.6) is 0 Å². The molecule has 2 amide bonds. The highest BCUT2D eigenvalue weighted by atomic mass is 32.1. The summed E-state index contributed by atoms with van der Waals surface area (Å²) in [5, 5.41) is 18.0. The molecule has 0 aliphatic carbocycles. The van der Waals surface area contributed by atoms with E-state index in [4.69, 9.17) is 0 Å².